The van der Waals surface area contributed by atoms with Crippen LogP contribution in [0, 0.1) is 0 Å². The topological polar surface area (TPSA) is 123 Å². The van der Waals surface area contributed by atoms with Gasteiger partial charge in [-0.25, -0.2) is 13.1 Å². The van der Waals surface area contributed by atoms with Gasteiger partial charge in [0.1, 0.15) is 11.8 Å². The summed E-state index contributed by atoms with van der Waals surface area (Å²) in [7, 11) is -1.97. The van der Waals surface area contributed by atoms with Gasteiger partial charge in [-0.15, -0.1) is 0 Å². The number of fused-ring (bicyclic) bond motifs is 1. The van der Waals surface area contributed by atoms with E-state index in [1.54, 1.807) is 44.1 Å². The molecule has 1 atom stereocenters. The van der Waals surface area contributed by atoms with Crippen molar-refractivity contribution in [2.24, 2.45) is 0 Å². The van der Waals surface area contributed by atoms with Gasteiger partial charge in [-0.3, -0.25) is 9.59 Å². The molecule has 0 aromatic heterocycles. The number of hydrogen-bond acceptors (Lipinski definition) is 7. The molecule has 0 radical (unpaired) electrons. The van der Waals surface area contributed by atoms with Crippen molar-refractivity contribution < 1.29 is 32.2 Å². The van der Waals surface area contributed by atoms with Crippen LogP contribution in [0.1, 0.15) is 37.0 Å². The molecule has 0 saturated carbocycles. The molecule has 3 aromatic carbocycles. The minimum Gasteiger partial charge on any atom is -0.497 e. The number of carbonyl (C=O) groups is 2. The molecule has 2 amide bonds. The van der Waals surface area contributed by atoms with Crippen molar-refractivity contribution in [2.45, 2.75) is 50.7 Å². The minimum absolute atomic E-state index is 0.148. The summed E-state index contributed by atoms with van der Waals surface area (Å²) < 4.78 is 42.9. The van der Waals surface area contributed by atoms with Crippen LogP contribution in [0.5, 0.6) is 17.2 Å². The van der Waals surface area contributed by atoms with E-state index in [4.69, 9.17) is 14.2 Å². The van der Waals surface area contributed by atoms with Crippen molar-refractivity contribution in [1.29, 1.82) is 0 Å². The van der Waals surface area contributed by atoms with Crippen LogP contribution in [0.4, 0.5) is 0 Å². The first-order chi connectivity index (χ1) is 19.7. The molecule has 218 valence electrons. The van der Waals surface area contributed by atoms with Gasteiger partial charge in [0.15, 0.2) is 11.5 Å². The second-order valence-corrected chi connectivity index (χ2v) is 11.4. The zero-order valence-electron chi connectivity index (χ0n) is 23.4. The van der Waals surface area contributed by atoms with Gasteiger partial charge in [-0.2, -0.15) is 0 Å². The van der Waals surface area contributed by atoms with Gasteiger partial charge in [0.2, 0.25) is 28.6 Å². The van der Waals surface area contributed by atoms with Crippen molar-refractivity contribution in [3.63, 3.8) is 0 Å². The lowest BCUT2D eigenvalue weighted by Gasteiger charge is -2.29. The zero-order valence-corrected chi connectivity index (χ0v) is 24.2. The highest BCUT2D eigenvalue weighted by Crippen LogP contribution is 2.32. The molecule has 1 heterocycles. The van der Waals surface area contributed by atoms with Crippen molar-refractivity contribution in [3.05, 3.63) is 83.4 Å². The summed E-state index contributed by atoms with van der Waals surface area (Å²) in [5.74, 6) is 1.51. The number of hydrogen-bond donors (Lipinski definition) is 2. The Bertz CT molecular complexity index is 1460. The maximum Gasteiger partial charge on any atom is 0.242 e. The Morgan fingerprint density at radius 3 is 2.29 bits per heavy atom. The minimum atomic E-state index is -3.55. The van der Waals surface area contributed by atoms with E-state index < -0.39 is 16.1 Å². The van der Waals surface area contributed by atoms with Gasteiger partial charge in [-0.1, -0.05) is 37.3 Å². The fourth-order valence-corrected chi connectivity index (χ4v) is 5.44. The second kappa shape index (κ2) is 13.5. The summed E-state index contributed by atoms with van der Waals surface area (Å²) in [4.78, 5) is 28.4. The predicted molar refractivity (Wildman–Crippen MR) is 153 cm³/mol. The highest BCUT2D eigenvalue weighted by molar-refractivity contribution is 7.89. The molecule has 1 aliphatic heterocycles. The number of rotatable bonds is 13. The Morgan fingerprint density at radius 1 is 0.951 bits per heavy atom. The Kier molecular flexibility index (Phi) is 9.85. The summed E-state index contributed by atoms with van der Waals surface area (Å²) in [5.41, 5.74) is 2.52. The number of carbonyl (C=O) groups excluding carboxylic acids is 2. The van der Waals surface area contributed by atoms with Gasteiger partial charge in [0.25, 0.3) is 0 Å². The number of ether oxygens (including phenoxy) is 3. The van der Waals surface area contributed by atoms with E-state index in [-0.39, 0.29) is 43.0 Å². The molecule has 2 N–H and O–H groups in total. The molecule has 0 unspecified atom stereocenters. The van der Waals surface area contributed by atoms with Gasteiger partial charge in [-0.05, 0) is 66.4 Å². The molecule has 0 saturated heterocycles. The first-order valence-electron chi connectivity index (χ1n) is 13.4. The van der Waals surface area contributed by atoms with E-state index in [0.717, 1.165) is 16.7 Å². The van der Waals surface area contributed by atoms with E-state index in [9.17, 15) is 18.0 Å². The lowest BCUT2D eigenvalue weighted by atomic mass is 10.1. The Balaban J connectivity index is 1.43. The molecule has 0 aliphatic carbocycles. The van der Waals surface area contributed by atoms with Crippen LogP contribution in [0.15, 0.2) is 71.6 Å². The van der Waals surface area contributed by atoms with Crippen molar-refractivity contribution >= 4 is 21.8 Å². The van der Waals surface area contributed by atoms with Crippen LogP contribution in [-0.2, 0) is 39.1 Å². The number of nitrogens with one attached hydrogen (secondary N) is 2. The summed E-state index contributed by atoms with van der Waals surface area (Å²) in [5, 5.41) is 2.92. The molecule has 3 aromatic rings. The summed E-state index contributed by atoms with van der Waals surface area (Å²) in [6.07, 6.45) is 0.542. The molecule has 11 heteroatoms. The summed E-state index contributed by atoms with van der Waals surface area (Å²) in [6.45, 7) is 4.40. The van der Waals surface area contributed by atoms with Gasteiger partial charge in [0.05, 0.1) is 12.0 Å². The van der Waals surface area contributed by atoms with E-state index in [1.807, 2.05) is 36.4 Å². The largest absolute Gasteiger partial charge is 0.497 e. The van der Waals surface area contributed by atoms with Crippen LogP contribution in [-0.4, -0.2) is 51.6 Å². The lowest BCUT2D eigenvalue weighted by Crippen LogP contribution is -2.47. The van der Waals surface area contributed by atoms with Crippen molar-refractivity contribution in [2.75, 3.05) is 20.4 Å². The monoisotopic (exact) mass is 581 g/mol. The second-order valence-electron chi connectivity index (χ2n) is 9.60. The third-order valence-corrected chi connectivity index (χ3v) is 8.34. The first kappa shape index (κ1) is 29.9. The predicted octanol–water partition coefficient (Wildman–Crippen LogP) is 3.39. The zero-order chi connectivity index (χ0) is 29.4. The van der Waals surface area contributed by atoms with Crippen molar-refractivity contribution in [1.82, 2.24) is 14.9 Å². The van der Waals surface area contributed by atoms with Crippen LogP contribution >= 0.6 is 0 Å². The van der Waals surface area contributed by atoms with E-state index >= 15 is 0 Å². The van der Waals surface area contributed by atoms with Gasteiger partial charge in [0, 0.05) is 26.1 Å². The molecular weight excluding hydrogens is 546 g/mol. The average Bonchev–Trinajstić information content (AvgIpc) is 3.45. The molecule has 41 heavy (non-hydrogen) atoms. The molecule has 4 rings (SSSR count). The van der Waals surface area contributed by atoms with Crippen LogP contribution in [0.3, 0.4) is 0 Å². The molecular formula is C30H35N3O7S. The summed E-state index contributed by atoms with van der Waals surface area (Å²) in [6, 6.07) is 18.5. The Morgan fingerprint density at radius 2 is 1.61 bits per heavy atom. The maximum absolute atomic E-state index is 13.5. The summed E-state index contributed by atoms with van der Waals surface area (Å²) >= 11 is 0. The van der Waals surface area contributed by atoms with Crippen LogP contribution in [0.2, 0.25) is 0 Å². The molecule has 1 aliphatic rings. The number of methoxy groups -OCH3 is 1. The number of nitrogens with zero attached hydrogens (tertiary/aromatic N) is 1. The lowest BCUT2D eigenvalue weighted by molar-refractivity contribution is -0.140. The maximum atomic E-state index is 13.5. The molecule has 10 nitrogen and oxygen atoms in total. The van der Waals surface area contributed by atoms with Crippen LogP contribution in [0.25, 0.3) is 0 Å². The molecule has 0 spiro atoms. The molecule has 0 bridgehead atoms. The molecule has 0 fully saturated rings. The Labute approximate surface area is 240 Å². The Hall–Kier alpha value is -4.09. The third-order valence-electron chi connectivity index (χ3n) is 6.78. The van der Waals surface area contributed by atoms with E-state index in [1.165, 1.54) is 12.1 Å². The SMILES string of the molecule is CCNS(=O)(=O)c1ccc(CCC(=O)N(Cc2ccc(OC)cc2)[C@@H](C)C(=O)NCc2ccc3c(c2)OCO3)cc1. The standard InChI is InChI=1S/C30H35N3O7S/c1-4-32-41(36,37)26-13-7-22(8-14-26)10-16-29(34)33(19-23-5-11-25(38-3)12-6-23)21(2)30(35)31-18-24-9-15-27-28(17-24)40-20-39-27/h5-9,11-15,17,21,32H,4,10,16,18-20H2,1-3H3,(H,31,35)/t21-/m0/s1. The van der Waals surface area contributed by atoms with Gasteiger partial charge < -0.3 is 24.4 Å². The van der Waals surface area contributed by atoms with E-state index in [0.29, 0.717) is 30.2 Å². The van der Waals surface area contributed by atoms with Gasteiger partial charge >= 0.3 is 0 Å². The van der Waals surface area contributed by atoms with E-state index in [2.05, 4.69) is 10.0 Å². The van der Waals surface area contributed by atoms with Crippen LogP contribution < -0.4 is 24.2 Å². The average molecular weight is 582 g/mol. The fourth-order valence-electron chi connectivity index (χ4n) is 4.40. The number of aryl methyl sites for hydroxylation is 1. The highest BCUT2D eigenvalue weighted by Gasteiger charge is 2.26. The number of benzene rings is 3. The van der Waals surface area contributed by atoms with Crippen molar-refractivity contribution in [3.8, 4) is 17.2 Å². The smallest absolute Gasteiger partial charge is 0.242 e. The first-order valence-corrected chi connectivity index (χ1v) is 14.9. The number of amides is 2. The fraction of sp³-hybridized carbons (Fsp3) is 0.333. The number of sulfonamides is 1. The third kappa shape index (κ3) is 7.77. The quantitative estimate of drug-likeness (QED) is 0.317. The normalized spacial score (nSPS) is 13.0. The highest BCUT2D eigenvalue weighted by atomic mass is 32.2.